The van der Waals surface area contributed by atoms with Gasteiger partial charge in [0.25, 0.3) is 0 Å². The summed E-state index contributed by atoms with van der Waals surface area (Å²) in [5, 5.41) is 0. The van der Waals surface area contributed by atoms with Crippen molar-refractivity contribution in [1.29, 1.82) is 0 Å². The minimum absolute atomic E-state index is 1.19. The second-order valence-electron chi connectivity index (χ2n) is 6.87. The number of para-hydroxylation sites is 1. The number of hydrogen-bond donors (Lipinski definition) is 0. The summed E-state index contributed by atoms with van der Waals surface area (Å²) in [4.78, 5) is 9.23. The van der Waals surface area contributed by atoms with Crippen molar-refractivity contribution < 1.29 is 0 Å². The number of benzene rings is 3. The van der Waals surface area contributed by atoms with Crippen LogP contribution in [0.25, 0.3) is 0 Å². The molecule has 0 spiro atoms. The summed E-state index contributed by atoms with van der Waals surface area (Å²) < 4.78 is 0. The van der Waals surface area contributed by atoms with Crippen LogP contribution in [-0.4, -0.2) is 28.2 Å². The van der Waals surface area contributed by atoms with Crippen LogP contribution in [-0.2, 0) is 0 Å². The normalized spacial score (nSPS) is 12.4. The van der Waals surface area contributed by atoms with Crippen LogP contribution in [0.1, 0.15) is 0 Å². The predicted octanol–water partition coefficient (Wildman–Crippen LogP) is 5.75. The van der Waals surface area contributed by atoms with Gasteiger partial charge in [0.2, 0.25) is 0 Å². The molecule has 0 bridgehead atoms. The molecule has 0 amide bonds. The van der Waals surface area contributed by atoms with Gasteiger partial charge in [-0.15, -0.1) is 0 Å². The Labute approximate surface area is 159 Å². The van der Waals surface area contributed by atoms with Crippen LogP contribution < -0.4 is 14.7 Å². The van der Waals surface area contributed by atoms with E-state index in [4.69, 9.17) is 0 Å². The number of rotatable bonds is 3. The van der Waals surface area contributed by atoms with E-state index in [-0.39, 0.29) is 0 Å². The van der Waals surface area contributed by atoms with Crippen molar-refractivity contribution in [1.82, 2.24) is 0 Å². The number of nitrogens with zero attached hydrogens (tertiary/aromatic N) is 3. The van der Waals surface area contributed by atoms with Crippen LogP contribution in [0.5, 0.6) is 0 Å². The summed E-state index contributed by atoms with van der Waals surface area (Å²) in [5.41, 5.74) is 6.09. The molecule has 0 unspecified atom stereocenters. The van der Waals surface area contributed by atoms with Gasteiger partial charge in [0, 0.05) is 55.0 Å². The van der Waals surface area contributed by atoms with Crippen LogP contribution in [0.2, 0.25) is 0 Å². The fourth-order valence-corrected chi connectivity index (χ4v) is 4.32. The van der Waals surface area contributed by atoms with Gasteiger partial charge in [0.1, 0.15) is 0 Å². The molecule has 0 N–H and O–H groups in total. The molecule has 132 valence electrons. The molecule has 0 saturated heterocycles. The molecular weight excluding hydrogens is 338 g/mol. The highest BCUT2D eigenvalue weighted by atomic mass is 32.2. The first-order valence-electron chi connectivity index (χ1n) is 8.70. The Morgan fingerprint density at radius 1 is 0.654 bits per heavy atom. The van der Waals surface area contributed by atoms with Gasteiger partial charge in [-0.05, 0) is 48.5 Å². The summed E-state index contributed by atoms with van der Waals surface area (Å²) in [6, 6.07) is 24.0. The molecule has 4 heteroatoms. The largest absolute Gasteiger partial charge is 0.378 e. The molecule has 4 rings (SSSR count). The first kappa shape index (κ1) is 16.9. The standard InChI is InChI=1S/C22H23N3S/c1-23(2)17-10-12-19-21(14-17)26-22-15-18(24(3)4)11-13-20(22)25(19)16-8-6-5-7-9-16/h5-15H,1-4H3. The average Bonchev–Trinajstić information content (AvgIpc) is 2.65. The van der Waals surface area contributed by atoms with Crippen molar-refractivity contribution in [2.75, 3.05) is 42.9 Å². The molecule has 1 aliphatic rings. The van der Waals surface area contributed by atoms with E-state index in [2.05, 4.69) is 110 Å². The van der Waals surface area contributed by atoms with Crippen molar-refractivity contribution in [3.63, 3.8) is 0 Å². The zero-order chi connectivity index (χ0) is 18.3. The molecule has 3 nitrogen and oxygen atoms in total. The molecule has 26 heavy (non-hydrogen) atoms. The molecule has 0 radical (unpaired) electrons. The summed E-state index contributed by atoms with van der Waals surface area (Å²) in [6.07, 6.45) is 0. The van der Waals surface area contributed by atoms with Crippen molar-refractivity contribution in [2.24, 2.45) is 0 Å². The number of anilines is 5. The van der Waals surface area contributed by atoms with Gasteiger partial charge in [-0.1, -0.05) is 30.0 Å². The predicted molar refractivity (Wildman–Crippen MR) is 114 cm³/mol. The third kappa shape index (κ3) is 2.90. The lowest BCUT2D eigenvalue weighted by Gasteiger charge is -2.34. The van der Waals surface area contributed by atoms with Gasteiger partial charge in [-0.25, -0.2) is 0 Å². The zero-order valence-electron chi connectivity index (χ0n) is 15.6. The van der Waals surface area contributed by atoms with E-state index < -0.39 is 0 Å². The maximum atomic E-state index is 2.36. The van der Waals surface area contributed by atoms with Crippen molar-refractivity contribution in [3.05, 3.63) is 66.7 Å². The summed E-state index contributed by atoms with van der Waals surface area (Å²) in [5.74, 6) is 0. The lowest BCUT2D eigenvalue weighted by molar-refractivity contribution is 1.09. The summed E-state index contributed by atoms with van der Waals surface area (Å²) in [7, 11) is 8.34. The van der Waals surface area contributed by atoms with Crippen molar-refractivity contribution in [2.45, 2.75) is 9.79 Å². The van der Waals surface area contributed by atoms with Gasteiger partial charge in [-0.2, -0.15) is 0 Å². The smallest absolute Gasteiger partial charge is 0.0603 e. The molecule has 0 aromatic heterocycles. The third-order valence-electron chi connectivity index (χ3n) is 4.64. The SMILES string of the molecule is CN(C)c1ccc2c(c1)Sc1cc(N(C)C)ccc1N2c1ccccc1. The van der Waals surface area contributed by atoms with E-state index >= 15 is 0 Å². The Bertz CT molecular complexity index is 878. The van der Waals surface area contributed by atoms with Crippen LogP contribution in [0.15, 0.2) is 76.5 Å². The molecule has 0 fully saturated rings. The second-order valence-corrected chi connectivity index (χ2v) is 7.95. The Balaban J connectivity index is 1.91. The minimum Gasteiger partial charge on any atom is -0.378 e. The van der Waals surface area contributed by atoms with Crippen LogP contribution in [0.3, 0.4) is 0 Å². The topological polar surface area (TPSA) is 9.72 Å². The van der Waals surface area contributed by atoms with Crippen LogP contribution in [0.4, 0.5) is 28.4 Å². The Hall–Kier alpha value is -2.59. The van der Waals surface area contributed by atoms with Crippen LogP contribution >= 0.6 is 11.8 Å². The second kappa shape index (κ2) is 6.61. The van der Waals surface area contributed by atoms with E-state index in [0.717, 1.165) is 0 Å². The Morgan fingerprint density at radius 2 is 1.15 bits per heavy atom. The highest BCUT2D eigenvalue weighted by Gasteiger charge is 2.25. The molecule has 3 aromatic rings. The molecular formula is C22H23N3S. The van der Waals surface area contributed by atoms with Crippen LogP contribution in [0, 0.1) is 0 Å². The van der Waals surface area contributed by atoms with Gasteiger partial charge in [-0.3, -0.25) is 0 Å². The van der Waals surface area contributed by atoms with Crippen molar-refractivity contribution in [3.8, 4) is 0 Å². The van der Waals surface area contributed by atoms with E-state index in [0.29, 0.717) is 0 Å². The van der Waals surface area contributed by atoms with E-state index in [1.54, 1.807) is 0 Å². The zero-order valence-corrected chi connectivity index (χ0v) is 16.4. The Morgan fingerprint density at radius 3 is 1.62 bits per heavy atom. The van der Waals surface area contributed by atoms with Gasteiger partial charge < -0.3 is 14.7 Å². The van der Waals surface area contributed by atoms with E-state index in [1.807, 2.05) is 11.8 Å². The minimum atomic E-state index is 1.19. The highest BCUT2D eigenvalue weighted by molar-refractivity contribution is 7.99. The quantitative estimate of drug-likeness (QED) is 0.459. The fraction of sp³-hybridized carbons (Fsp3) is 0.182. The number of hydrogen-bond acceptors (Lipinski definition) is 4. The monoisotopic (exact) mass is 361 g/mol. The molecule has 1 aliphatic heterocycles. The first-order chi connectivity index (χ1) is 12.5. The number of fused-ring (bicyclic) bond motifs is 2. The third-order valence-corrected chi connectivity index (χ3v) is 5.73. The molecule has 0 aliphatic carbocycles. The first-order valence-corrected chi connectivity index (χ1v) is 9.52. The lowest BCUT2D eigenvalue weighted by Crippen LogP contribution is -2.17. The van der Waals surface area contributed by atoms with Gasteiger partial charge in [0.05, 0.1) is 11.4 Å². The highest BCUT2D eigenvalue weighted by Crippen LogP contribution is 2.52. The maximum absolute atomic E-state index is 2.36. The van der Waals surface area contributed by atoms with Gasteiger partial charge >= 0.3 is 0 Å². The fourth-order valence-electron chi connectivity index (χ4n) is 3.20. The molecule has 0 atom stereocenters. The molecule has 1 heterocycles. The average molecular weight is 362 g/mol. The molecule has 3 aromatic carbocycles. The van der Waals surface area contributed by atoms with E-state index in [9.17, 15) is 0 Å². The Kier molecular flexibility index (Phi) is 4.29. The maximum Gasteiger partial charge on any atom is 0.0603 e. The lowest BCUT2D eigenvalue weighted by atomic mass is 10.1. The van der Waals surface area contributed by atoms with Gasteiger partial charge in [0.15, 0.2) is 0 Å². The summed E-state index contributed by atoms with van der Waals surface area (Å²) in [6.45, 7) is 0. The molecule has 0 saturated carbocycles. The van der Waals surface area contributed by atoms with Crippen molar-refractivity contribution >= 4 is 40.2 Å². The summed E-state index contributed by atoms with van der Waals surface area (Å²) >= 11 is 1.85. The van der Waals surface area contributed by atoms with E-state index in [1.165, 1.54) is 38.2 Å².